The highest BCUT2D eigenvalue weighted by Gasteiger charge is 2.22. The monoisotopic (exact) mass is 396 g/mol. The summed E-state index contributed by atoms with van der Waals surface area (Å²) in [6, 6.07) is 13.6. The van der Waals surface area contributed by atoms with E-state index in [1.165, 1.54) is 16.7 Å². The quantitative estimate of drug-likeness (QED) is 0.484. The SMILES string of the molecule is O=C(CCn1c(=O)oc2ccccc21)N1CCN(c2ccc([N+](=O)[O-])cc2)CC1. The number of benzene rings is 2. The number of para-hydroxylation sites is 2. The van der Waals surface area contributed by atoms with Crippen molar-refractivity contribution in [3.05, 3.63) is 69.2 Å². The molecule has 1 saturated heterocycles. The molecule has 9 nitrogen and oxygen atoms in total. The maximum Gasteiger partial charge on any atom is 0.419 e. The van der Waals surface area contributed by atoms with Crippen molar-refractivity contribution in [3.8, 4) is 0 Å². The molecule has 1 amide bonds. The van der Waals surface area contributed by atoms with E-state index in [1.807, 2.05) is 6.07 Å². The molecule has 29 heavy (non-hydrogen) atoms. The second-order valence-electron chi connectivity index (χ2n) is 6.88. The summed E-state index contributed by atoms with van der Waals surface area (Å²) in [5.41, 5.74) is 2.17. The predicted octanol–water partition coefficient (Wildman–Crippen LogP) is 2.24. The van der Waals surface area contributed by atoms with Gasteiger partial charge < -0.3 is 14.2 Å². The molecule has 0 unspecified atom stereocenters. The summed E-state index contributed by atoms with van der Waals surface area (Å²) in [4.78, 5) is 38.8. The average Bonchev–Trinajstić information content (AvgIpc) is 3.07. The van der Waals surface area contributed by atoms with E-state index in [0.717, 1.165) is 5.69 Å². The molecule has 1 aliphatic heterocycles. The molecule has 0 N–H and O–H groups in total. The molecule has 0 atom stereocenters. The molecule has 9 heteroatoms. The van der Waals surface area contributed by atoms with E-state index in [4.69, 9.17) is 4.42 Å². The van der Waals surface area contributed by atoms with E-state index in [9.17, 15) is 19.7 Å². The summed E-state index contributed by atoms with van der Waals surface area (Å²) < 4.78 is 6.68. The van der Waals surface area contributed by atoms with Crippen LogP contribution >= 0.6 is 0 Å². The molecule has 3 aromatic rings. The lowest BCUT2D eigenvalue weighted by atomic mass is 10.2. The first-order valence-electron chi connectivity index (χ1n) is 9.38. The van der Waals surface area contributed by atoms with Crippen molar-refractivity contribution < 1.29 is 14.1 Å². The van der Waals surface area contributed by atoms with E-state index < -0.39 is 10.7 Å². The van der Waals surface area contributed by atoms with Gasteiger partial charge in [0.25, 0.3) is 5.69 Å². The lowest BCUT2D eigenvalue weighted by Crippen LogP contribution is -2.49. The van der Waals surface area contributed by atoms with Gasteiger partial charge in [0.2, 0.25) is 5.91 Å². The molecule has 0 spiro atoms. The first-order valence-corrected chi connectivity index (χ1v) is 9.38. The van der Waals surface area contributed by atoms with Gasteiger partial charge in [-0.2, -0.15) is 0 Å². The summed E-state index contributed by atoms with van der Waals surface area (Å²) in [5, 5.41) is 10.8. The molecule has 0 saturated carbocycles. The Morgan fingerprint density at radius 2 is 1.72 bits per heavy atom. The molecule has 0 radical (unpaired) electrons. The minimum absolute atomic E-state index is 0.00877. The van der Waals surface area contributed by atoms with Gasteiger partial charge in [0.15, 0.2) is 5.58 Å². The minimum atomic E-state index is -0.456. The molecular formula is C20H20N4O5. The first-order chi connectivity index (χ1) is 14.0. The third kappa shape index (κ3) is 3.84. The molecule has 1 aromatic heterocycles. The number of nitro benzene ring substituents is 1. The maximum atomic E-state index is 12.6. The van der Waals surface area contributed by atoms with Crippen molar-refractivity contribution in [3.63, 3.8) is 0 Å². The minimum Gasteiger partial charge on any atom is -0.408 e. The molecule has 0 bridgehead atoms. The maximum absolute atomic E-state index is 12.6. The Morgan fingerprint density at radius 1 is 1.03 bits per heavy atom. The topological polar surface area (TPSA) is 102 Å². The molecule has 2 heterocycles. The lowest BCUT2D eigenvalue weighted by molar-refractivity contribution is -0.384. The van der Waals surface area contributed by atoms with E-state index in [-0.39, 0.29) is 24.6 Å². The Kier molecular flexibility index (Phi) is 5.03. The van der Waals surface area contributed by atoms with Crippen molar-refractivity contribution >= 4 is 28.4 Å². The average molecular weight is 396 g/mol. The fraction of sp³-hybridized carbons (Fsp3) is 0.300. The number of oxazole rings is 1. The number of fused-ring (bicyclic) bond motifs is 1. The van der Waals surface area contributed by atoms with Crippen molar-refractivity contribution in [2.24, 2.45) is 0 Å². The Hall–Kier alpha value is -3.62. The van der Waals surface area contributed by atoms with Crippen LogP contribution in [0.15, 0.2) is 57.7 Å². The summed E-state index contributed by atoms with van der Waals surface area (Å²) in [5.74, 6) is -0.465. The number of nitro groups is 1. The third-order valence-electron chi connectivity index (χ3n) is 5.18. The van der Waals surface area contributed by atoms with Gasteiger partial charge >= 0.3 is 5.76 Å². The molecule has 1 fully saturated rings. The van der Waals surface area contributed by atoms with Gasteiger partial charge in [-0.15, -0.1) is 0 Å². The molecular weight excluding hydrogens is 376 g/mol. The van der Waals surface area contributed by atoms with Crippen molar-refractivity contribution in [2.75, 3.05) is 31.1 Å². The fourth-order valence-corrected chi connectivity index (χ4v) is 3.59. The molecule has 0 aliphatic carbocycles. The normalized spacial score (nSPS) is 14.3. The smallest absolute Gasteiger partial charge is 0.408 e. The van der Waals surface area contributed by atoms with Crippen LogP contribution in [0.1, 0.15) is 6.42 Å². The number of aromatic nitrogens is 1. The van der Waals surface area contributed by atoms with Gasteiger partial charge in [-0.25, -0.2) is 4.79 Å². The van der Waals surface area contributed by atoms with E-state index in [2.05, 4.69) is 4.90 Å². The number of hydrogen-bond acceptors (Lipinski definition) is 6. The Bertz CT molecular complexity index is 1090. The molecule has 1 aliphatic rings. The van der Waals surface area contributed by atoms with Crippen LogP contribution in [0.2, 0.25) is 0 Å². The first kappa shape index (κ1) is 18.7. The van der Waals surface area contributed by atoms with Crippen LogP contribution < -0.4 is 10.7 Å². The zero-order valence-corrected chi connectivity index (χ0v) is 15.7. The van der Waals surface area contributed by atoms with Crippen LogP contribution in [0.3, 0.4) is 0 Å². The van der Waals surface area contributed by atoms with Crippen LogP contribution in [-0.2, 0) is 11.3 Å². The van der Waals surface area contributed by atoms with Crippen LogP contribution in [0.5, 0.6) is 0 Å². The van der Waals surface area contributed by atoms with Crippen LogP contribution in [-0.4, -0.2) is 46.5 Å². The Balaban J connectivity index is 1.33. The van der Waals surface area contributed by atoms with Crippen LogP contribution in [0.25, 0.3) is 11.1 Å². The van der Waals surface area contributed by atoms with Gasteiger partial charge in [0, 0.05) is 57.0 Å². The number of carbonyl (C=O) groups excluding carboxylic acids is 1. The second kappa shape index (κ2) is 7.78. The second-order valence-corrected chi connectivity index (χ2v) is 6.88. The van der Waals surface area contributed by atoms with Crippen molar-refractivity contribution in [1.29, 1.82) is 0 Å². The van der Waals surface area contributed by atoms with Crippen molar-refractivity contribution in [1.82, 2.24) is 9.47 Å². The van der Waals surface area contributed by atoms with Gasteiger partial charge in [-0.05, 0) is 24.3 Å². The van der Waals surface area contributed by atoms with Crippen LogP contribution in [0.4, 0.5) is 11.4 Å². The highest BCUT2D eigenvalue weighted by Crippen LogP contribution is 2.21. The van der Waals surface area contributed by atoms with Gasteiger partial charge in [-0.1, -0.05) is 12.1 Å². The van der Waals surface area contributed by atoms with Crippen molar-refractivity contribution in [2.45, 2.75) is 13.0 Å². The van der Waals surface area contributed by atoms with E-state index in [0.29, 0.717) is 37.3 Å². The number of aryl methyl sites for hydroxylation is 1. The lowest BCUT2D eigenvalue weighted by Gasteiger charge is -2.36. The molecule has 4 rings (SSSR count). The molecule has 150 valence electrons. The summed E-state index contributed by atoms with van der Waals surface area (Å²) in [6.45, 7) is 2.71. The number of nitrogens with zero attached hydrogens (tertiary/aromatic N) is 4. The Morgan fingerprint density at radius 3 is 2.41 bits per heavy atom. The molecule has 2 aromatic carbocycles. The number of carbonyl (C=O) groups is 1. The fourth-order valence-electron chi connectivity index (χ4n) is 3.59. The Labute approximate surface area is 165 Å². The van der Waals surface area contributed by atoms with Gasteiger partial charge in [0.05, 0.1) is 10.4 Å². The van der Waals surface area contributed by atoms with Gasteiger partial charge in [-0.3, -0.25) is 19.5 Å². The number of anilines is 1. The zero-order chi connectivity index (χ0) is 20.4. The van der Waals surface area contributed by atoms with E-state index in [1.54, 1.807) is 35.2 Å². The summed E-state index contributed by atoms with van der Waals surface area (Å²) in [6.07, 6.45) is 0.223. The zero-order valence-electron chi connectivity index (χ0n) is 15.7. The summed E-state index contributed by atoms with van der Waals surface area (Å²) >= 11 is 0. The number of hydrogen-bond donors (Lipinski definition) is 0. The van der Waals surface area contributed by atoms with E-state index >= 15 is 0 Å². The highest BCUT2D eigenvalue weighted by atomic mass is 16.6. The van der Waals surface area contributed by atoms with Crippen LogP contribution in [0, 0.1) is 10.1 Å². The number of non-ortho nitro benzene ring substituents is 1. The highest BCUT2D eigenvalue weighted by molar-refractivity contribution is 5.77. The standard InChI is InChI=1S/C20H20N4O5/c25-19(9-10-23-17-3-1-2-4-18(17)29-20(23)26)22-13-11-21(12-14-22)15-5-7-16(8-6-15)24(27)28/h1-8H,9-14H2. The number of amides is 1. The predicted molar refractivity (Wildman–Crippen MR) is 107 cm³/mol. The number of piperazine rings is 1. The summed E-state index contributed by atoms with van der Waals surface area (Å²) in [7, 11) is 0. The third-order valence-corrected chi connectivity index (χ3v) is 5.18. The largest absolute Gasteiger partial charge is 0.419 e. The van der Waals surface area contributed by atoms with Gasteiger partial charge in [0.1, 0.15) is 0 Å². The number of rotatable bonds is 5.